The number of ketones is 1. The maximum absolute atomic E-state index is 13.0. The van der Waals surface area contributed by atoms with Crippen LogP contribution < -0.4 is 5.73 Å². The van der Waals surface area contributed by atoms with Crippen LogP contribution in [-0.4, -0.2) is 46.7 Å². The van der Waals surface area contributed by atoms with E-state index in [-0.39, 0.29) is 18.2 Å². The van der Waals surface area contributed by atoms with Crippen LogP contribution in [0.1, 0.15) is 35.3 Å². The van der Waals surface area contributed by atoms with Crippen LogP contribution in [0.3, 0.4) is 0 Å². The van der Waals surface area contributed by atoms with E-state index in [0.29, 0.717) is 5.56 Å². The predicted molar refractivity (Wildman–Crippen MR) is 102 cm³/mol. The summed E-state index contributed by atoms with van der Waals surface area (Å²) >= 11 is 0. The highest BCUT2D eigenvalue weighted by molar-refractivity contribution is 6.03. The number of nitrogens with two attached hydrogens (primary N) is 1. The fourth-order valence-electron chi connectivity index (χ4n) is 3.41. The molecule has 1 heterocycles. The normalized spacial score (nSPS) is 20.6. The van der Waals surface area contributed by atoms with Crippen molar-refractivity contribution in [1.29, 1.82) is 0 Å². The van der Waals surface area contributed by atoms with Crippen LogP contribution >= 0.6 is 0 Å². The highest BCUT2D eigenvalue weighted by atomic mass is 16.2. The minimum Gasteiger partial charge on any atom is -0.322 e. The third-order valence-electron chi connectivity index (χ3n) is 5.05. The SMILES string of the molecule is C[C@H]1[C@@H](c2ccccc2)N(C(=O)[C@@H](N)CC(=O)c2ccccc2)C(=O)N1C. The molecule has 6 nitrogen and oxygen atoms in total. The summed E-state index contributed by atoms with van der Waals surface area (Å²) in [4.78, 5) is 40.8. The van der Waals surface area contributed by atoms with Gasteiger partial charge in [-0.1, -0.05) is 60.7 Å². The Balaban J connectivity index is 1.82. The van der Waals surface area contributed by atoms with Crippen LogP contribution in [0, 0.1) is 0 Å². The molecule has 0 radical (unpaired) electrons. The first-order valence-electron chi connectivity index (χ1n) is 8.90. The molecule has 0 aliphatic carbocycles. The topological polar surface area (TPSA) is 83.7 Å². The van der Waals surface area contributed by atoms with E-state index in [1.54, 1.807) is 31.3 Å². The van der Waals surface area contributed by atoms with Crippen molar-refractivity contribution in [3.05, 3.63) is 71.8 Å². The van der Waals surface area contributed by atoms with Crippen LogP contribution in [0.2, 0.25) is 0 Å². The summed E-state index contributed by atoms with van der Waals surface area (Å²) in [5.41, 5.74) is 7.40. The minimum atomic E-state index is -1.08. The van der Waals surface area contributed by atoms with Gasteiger partial charge in [-0.25, -0.2) is 4.79 Å². The van der Waals surface area contributed by atoms with Gasteiger partial charge in [0.05, 0.1) is 18.1 Å². The molecule has 3 atom stereocenters. The Morgan fingerprint density at radius 3 is 2.19 bits per heavy atom. The lowest BCUT2D eigenvalue weighted by molar-refractivity contribution is -0.130. The molecule has 2 N–H and O–H groups in total. The van der Waals surface area contributed by atoms with Gasteiger partial charge in [0, 0.05) is 19.0 Å². The number of nitrogens with zero attached hydrogens (tertiary/aromatic N) is 2. The van der Waals surface area contributed by atoms with Crippen LogP contribution in [-0.2, 0) is 4.79 Å². The number of likely N-dealkylation sites (N-methyl/N-ethyl adjacent to an activating group) is 1. The molecule has 0 bridgehead atoms. The molecule has 1 aliphatic heterocycles. The fraction of sp³-hybridized carbons (Fsp3) is 0.286. The smallest absolute Gasteiger partial charge is 0.322 e. The number of imide groups is 1. The third-order valence-corrected chi connectivity index (χ3v) is 5.05. The summed E-state index contributed by atoms with van der Waals surface area (Å²) in [6, 6.07) is 16.0. The maximum Gasteiger partial charge on any atom is 0.327 e. The first-order chi connectivity index (χ1) is 12.9. The molecule has 6 heteroatoms. The third kappa shape index (κ3) is 3.61. The van der Waals surface area contributed by atoms with E-state index in [2.05, 4.69) is 0 Å². The number of amides is 3. The second-order valence-corrected chi connectivity index (χ2v) is 6.80. The molecule has 27 heavy (non-hydrogen) atoms. The van der Waals surface area contributed by atoms with Crippen molar-refractivity contribution < 1.29 is 14.4 Å². The number of hydrogen-bond donors (Lipinski definition) is 1. The Kier molecular flexibility index (Phi) is 5.37. The van der Waals surface area contributed by atoms with Crippen molar-refractivity contribution in [3.63, 3.8) is 0 Å². The lowest BCUT2D eigenvalue weighted by Crippen LogP contribution is -2.47. The number of carbonyl (C=O) groups excluding carboxylic acids is 3. The lowest BCUT2D eigenvalue weighted by atomic mass is 9.98. The molecule has 3 amide bonds. The average Bonchev–Trinajstić information content (AvgIpc) is 2.92. The maximum atomic E-state index is 13.0. The second kappa shape index (κ2) is 7.72. The quantitative estimate of drug-likeness (QED) is 0.826. The van der Waals surface area contributed by atoms with E-state index in [4.69, 9.17) is 5.73 Å². The number of urea groups is 1. The monoisotopic (exact) mass is 365 g/mol. The van der Waals surface area contributed by atoms with Crippen LogP contribution in [0.15, 0.2) is 60.7 Å². The van der Waals surface area contributed by atoms with Gasteiger partial charge in [0.15, 0.2) is 5.78 Å². The van der Waals surface area contributed by atoms with Gasteiger partial charge >= 0.3 is 6.03 Å². The van der Waals surface area contributed by atoms with Gasteiger partial charge in [0.2, 0.25) is 5.91 Å². The Bertz CT molecular complexity index is 838. The molecular formula is C21H23N3O3. The van der Waals surface area contributed by atoms with E-state index >= 15 is 0 Å². The van der Waals surface area contributed by atoms with Gasteiger partial charge in [0.1, 0.15) is 0 Å². The number of rotatable bonds is 5. The number of benzene rings is 2. The van der Waals surface area contributed by atoms with Crippen molar-refractivity contribution in [1.82, 2.24) is 9.80 Å². The zero-order valence-electron chi connectivity index (χ0n) is 15.4. The highest BCUT2D eigenvalue weighted by Gasteiger charge is 2.46. The van der Waals surface area contributed by atoms with E-state index in [0.717, 1.165) is 5.56 Å². The minimum absolute atomic E-state index is 0.147. The molecule has 140 valence electrons. The zero-order chi connectivity index (χ0) is 19.6. The van der Waals surface area contributed by atoms with E-state index in [1.165, 1.54) is 9.80 Å². The number of Topliss-reactive ketones (excluding diaryl/α,β-unsaturated/α-hetero) is 1. The molecule has 3 rings (SSSR count). The summed E-state index contributed by atoms with van der Waals surface area (Å²) in [7, 11) is 1.66. The summed E-state index contributed by atoms with van der Waals surface area (Å²) < 4.78 is 0. The first-order valence-corrected chi connectivity index (χ1v) is 8.90. The molecular weight excluding hydrogens is 342 g/mol. The van der Waals surface area contributed by atoms with Crippen molar-refractivity contribution in [2.75, 3.05) is 7.05 Å². The van der Waals surface area contributed by atoms with Gasteiger partial charge < -0.3 is 10.6 Å². The van der Waals surface area contributed by atoms with Crippen molar-refractivity contribution in [3.8, 4) is 0 Å². The molecule has 0 unspecified atom stereocenters. The highest BCUT2D eigenvalue weighted by Crippen LogP contribution is 2.34. The van der Waals surface area contributed by atoms with Gasteiger partial charge in [-0.2, -0.15) is 0 Å². The molecule has 2 aromatic carbocycles. The average molecular weight is 365 g/mol. The molecule has 0 spiro atoms. The Morgan fingerprint density at radius 1 is 1.04 bits per heavy atom. The summed E-state index contributed by atoms with van der Waals surface area (Å²) in [5.74, 6) is -0.755. The summed E-state index contributed by atoms with van der Waals surface area (Å²) in [5, 5.41) is 0. The number of carbonyl (C=O) groups is 3. The zero-order valence-corrected chi connectivity index (χ0v) is 15.4. The lowest BCUT2D eigenvalue weighted by Gasteiger charge is -2.26. The van der Waals surface area contributed by atoms with E-state index < -0.39 is 24.0 Å². The van der Waals surface area contributed by atoms with Gasteiger partial charge in [-0.15, -0.1) is 0 Å². The van der Waals surface area contributed by atoms with Gasteiger partial charge in [0.25, 0.3) is 0 Å². The molecule has 2 aromatic rings. The van der Waals surface area contributed by atoms with Crippen molar-refractivity contribution in [2.45, 2.75) is 31.5 Å². The molecule has 1 aliphatic rings. The number of hydrogen-bond acceptors (Lipinski definition) is 4. The fourth-order valence-corrected chi connectivity index (χ4v) is 3.41. The van der Waals surface area contributed by atoms with Crippen LogP contribution in [0.25, 0.3) is 0 Å². The Morgan fingerprint density at radius 2 is 1.59 bits per heavy atom. The Labute approximate surface area is 158 Å². The molecule has 0 saturated carbocycles. The second-order valence-electron chi connectivity index (χ2n) is 6.80. The van der Waals surface area contributed by atoms with Crippen LogP contribution in [0.4, 0.5) is 4.79 Å². The van der Waals surface area contributed by atoms with Gasteiger partial charge in [-0.05, 0) is 12.5 Å². The Hall–Kier alpha value is -2.99. The van der Waals surface area contributed by atoms with E-state index in [9.17, 15) is 14.4 Å². The first kappa shape index (κ1) is 18.8. The van der Waals surface area contributed by atoms with Crippen molar-refractivity contribution in [2.24, 2.45) is 5.73 Å². The molecule has 1 fully saturated rings. The largest absolute Gasteiger partial charge is 0.327 e. The summed E-state index contributed by atoms with van der Waals surface area (Å²) in [6.07, 6.45) is -0.147. The standard InChI is InChI=1S/C21H23N3O3/c1-14-19(16-11-7-4-8-12-16)24(21(27)23(14)2)20(26)17(22)13-18(25)15-9-5-3-6-10-15/h3-12,14,17,19H,13,22H2,1-2H3/t14-,17-,19-/m0/s1. The molecule has 1 saturated heterocycles. The van der Waals surface area contributed by atoms with E-state index in [1.807, 2.05) is 43.3 Å². The van der Waals surface area contributed by atoms with Crippen molar-refractivity contribution >= 4 is 17.7 Å². The summed E-state index contributed by atoms with van der Waals surface area (Å²) in [6.45, 7) is 1.89. The predicted octanol–water partition coefficient (Wildman–Crippen LogP) is 2.61. The van der Waals surface area contributed by atoms with Gasteiger partial charge in [-0.3, -0.25) is 14.5 Å². The molecule has 0 aromatic heterocycles. The van der Waals surface area contributed by atoms with Crippen LogP contribution in [0.5, 0.6) is 0 Å².